The van der Waals surface area contributed by atoms with Crippen molar-refractivity contribution < 1.29 is 9.84 Å². The van der Waals surface area contributed by atoms with Gasteiger partial charge in [-0.25, -0.2) is 0 Å². The van der Waals surface area contributed by atoms with Crippen molar-refractivity contribution in [3.8, 4) is 11.5 Å². The standard InChI is InChI=1S/C10H12BrNO2S/c1-12(2)10(15)8-7(14-3)5-4-6(13)9(8)11/h4-5,13H,1-3H3. The van der Waals surface area contributed by atoms with Gasteiger partial charge in [-0.1, -0.05) is 12.2 Å². The molecule has 0 bridgehead atoms. The van der Waals surface area contributed by atoms with Crippen LogP contribution in [0.25, 0.3) is 0 Å². The highest BCUT2D eigenvalue weighted by Gasteiger charge is 2.17. The van der Waals surface area contributed by atoms with E-state index < -0.39 is 0 Å². The lowest BCUT2D eigenvalue weighted by atomic mass is 10.2. The average molecular weight is 290 g/mol. The Morgan fingerprint density at radius 3 is 2.53 bits per heavy atom. The van der Waals surface area contributed by atoms with Crippen molar-refractivity contribution in [2.45, 2.75) is 0 Å². The van der Waals surface area contributed by atoms with Gasteiger partial charge >= 0.3 is 0 Å². The second-order valence-corrected chi connectivity index (χ2v) is 4.36. The molecule has 0 unspecified atom stereocenters. The van der Waals surface area contributed by atoms with E-state index in [-0.39, 0.29) is 5.75 Å². The number of halogens is 1. The van der Waals surface area contributed by atoms with Crippen molar-refractivity contribution in [2.75, 3.05) is 21.2 Å². The summed E-state index contributed by atoms with van der Waals surface area (Å²) in [5.74, 6) is 0.786. The van der Waals surface area contributed by atoms with Crippen LogP contribution in [0.2, 0.25) is 0 Å². The molecule has 0 aliphatic carbocycles. The van der Waals surface area contributed by atoms with Gasteiger partial charge in [0.05, 0.1) is 17.1 Å². The van der Waals surface area contributed by atoms with E-state index >= 15 is 0 Å². The largest absolute Gasteiger partial charge is 0.507 e. The number of methoxy groups -OCH3 is 1. The maximum atomic E-state index is 9.57. The summed E-state index contributed by atoms with van der Waals surface area (Å²) >= 11 is 8.55. The third-order valence-corrected chi connectivity index (χ3v) is 3.30. The van der Waals surface area contributed by atoms with Gasteiger partial charge in [0.1, 0.15) is 16.5 Å². The second-order valence-electron chi connectivity index (χ2n) is 3.18. The van der Waals surface area contributed by atoms with Gasteiger partial charge in [0.15, 0.2) is 0 Å². The Morgan fingerprint density at radius 2 is 2.07 bits per heavy atom. The number of phenols is 1. The Morgan fingerprint density at radius 1 is 1.47 bits per heavy atom. The SMILES string of the molecule is COc1ccc(O)c(Br)c1C(=S)N(C)C. The zero-order valence-corrected chi connectivity index (χ0v) is 11.1. The fraction of sp³-hybridized carbons (Fsp3) is 0.300. The first-order valence-corrected chi connectivity index (χ1v) is 5.46. The summed E-state index contributed by atoms with van der Waals surface area (Å²) in [6.45, 7) is 0. The van der Waals surface area contributed by atoms with Crippen molar-refractivity contribution in [3.63, 3.8) is 0 Å². The van der Waals surface area contributed by atoms with E-state index in [0.717, 1.165) is 0 Å². The molecule has 1 aromatic carbocycles. The minimum absolute atomic E-state index is 0.148. The molecule has 0 aliphatic heterocycles. The number of hydrogen-bond acceptors (Lipinski definition) is 3. The van der Waals surface area contributed by atoms with Crippen LogP contribution in [0.4, 0.5) is 0 Å². The monoisotopic (exact) mass is 289 g/mol. The molecule has 0 amide bonds. The lowest BCUT2D eigenvalue weighted by Crippen LogP contribution is -2.21. The molecular weight excluding hydrogens is 278 g/mol. The van der Waals surface area contributed by atoms with Gasteiger partial charge in [-0.3, -0.25) is 0 Å². The van der Waals surface area contributed by atoms with Crippen LogP contribution in [0, 0.1) is 0 Å². The first kappa shape index (κ1) is 12.3. The van der Waals surface area contributed by atoms with Crippen molar-refractivity contribution >= 4 is 33.1 Å². The summed E-state index contributed by atoms with van der Waals surface area (Å²) in [6, 6.07) is 3.25. The maximum Gasteiger partial charge on any atom is 0.130 e. The van der Waals surface area contributed by atoms with E-state index in [1.807, 2.05) is 14.1 Å². The summed E-state index contributed by atoms with van der Waals surface area (Å²) in [6.07, 6.45) is 0. The number of aromatic hydroxyl groups is 1. The van der Waals surface area contributed by atoms with Gasteiger partial charge in [-0.05, 0) is 28.1 Å². The van der Waals surface area contributed by atoms with Crippen LogP contribution in [0.1, 0.15) is 5.56 Å². The van der Waals surface area contributed by atoms with Crippen molar-refractivity contribution in [1.29, 1.82) is 0 Å². The van der Waals surface area contributed by atoms with Crippen LogP contribution in [-0.2, 0) is 0 Å². The van der Waals surface area contributed by atoms with Crippen LogP contribution in [0.15, 0.2) is 16.6 Å². The van der Waals surface area contributed by atoms with E-state index in [9.17, 15) is 5.11 Å². The Labute approximate surface area is 103 Å². The first-order valence-electron chi connectivity index (χ1n) is 4.26. The molecule has 0 spiro atoms. The molecule has 82 valence electrons. The highest BCUT2D eigenvalue weighted by Crippen LogP contribution is 2.35. The van der Waals surface area contributed by atoms with Gasteiger partial charge in [-0.2, -0.15) is 0 Å². The molecule has 0 radical (unpaired) electrons. The molecule has 0 aliphatic rings. The fourth-order valence-corrected chi connectivity index (χ4v) is 1.99. The number of benzene rings is 1. The first-order chi connectivity index (χ1) is 6.99. The third kappa shape index (κ3) is 2.41. The number of hydrogen-bond donors (Lipinski definition) is 1. The summed E-state index contributed by atoms with van der Waals surface area (Å²) in [5.41, 5.74) is 0.692. The van der Waals surface area contributed by atoms with Gasteiger partial charge in [0, 0.05) is 14.1 Å². The van der Waals surface area contributed by atoms with Crippen LogP contribution in [0.5, 0.6) is 11.5 Å². The minimum atomic E-state index is 0.148. The highest BCUT2D eigenvalue weighted by molar-refractivity contribution is 9.10. The van der Waals surface area contributed by atoms with E-state index in [2.05, 4.69) is 15.9 Å². The molecule has 1 aromatic rings. The minimum Gasteiger partial charge on any atom is -0.507 e. The van der Waals surface area contributed by atoms with E-state index in [1.165, 1.54) is 0 Å². The predicted molar refractivity (Wildman–Crippen MR) is 67.7 cm³/mol. The Kier molecular flexibility index (Phi) is 3.93. The summed E-state index contributed by atoms with van der Waals surface area (Å²) in [4.78, 5) is 2.40. The van der Waals surface area contributed by atoms with E-state index in [1.54, 1.807) is 24.1 Å². The number of ether oxygens (including phenoxy) is 1. The molecule has 0 heterocycles. The van der Waals surface area contributed by atoms with Gasteiger partial charge < -0.3 is 14.7 Å². The average Bonchev–Trinajstić information content (AvgIpc) is 2.20. The highest BCUT2D eigenvalue weighted by atomic mass is 79.9. The molecule has 1 rings (SSSR count). The molecule has 15 heavy (non-hydrogen) atoms. The number of phenolic OH excluding ortho intramolecular Hbond substituents is 1. The van der Waals surface area contributed by atoms with Crippen molar-refractivity contribution in [2.24, 2.45) is 0 Å². The van der Waals surface area contributed by atoms with Gasteiger partial charge in [-0.15, -0.1) is 0 Å². The van der Waals surface area contributed by atoms with E-state index in [4.69, 9.17) is 17.0 Å². The zero-order chi connectivity index (χ0) is 11.6. The van der Waals surface area contributed by atoms with Crippen LogP contribution < -0.4 is 4.74 Å². The second kappa shape index (κ2) is 4.81. The fourth-order valence-electron chi connectivity index (χ4n) is 1.14. The van der Waals surface area contributed by atoms with Crippen molar-refractivity contribution in [1.82, 2.24) is 4.90 Å². The Bertz CT molecular complexity index is 393. The van der Waals surface area contributed by atoms with Crippen LogP contribution in [0.3, 0.4) is 0 Å². The summed E-state index contributed by atoms with van der Waals surface area (Å²) < 4.78 is 5.75. The molecular formula is C10H12BrNO2S. The number of nitrogens with zero attached hydrogens (tertiary/aromatic N) is 1. The predicted octanol–water partition coefficient (Wildman–Crippen LogP) is 2.40. The smallest absolute Gasteiger partial charge is 0.130 e. The van der Waals surface area contributed by atoms with E-state index in [0.29, 0.717) is 20.8 Å². The topological polar surface area (TPSA) is 32.7 Å². The summed E-state index contributed by atoms with van der Waals surface area (Å²) in [7, 11) is 5.26. The Hall–Kier alpha value is -0.810. The normalized spacial score (nSPS) is 9.87. The molecule has 1 N–H and O–H groups in total. The molecule has 0 saturated heterocycles. The molecule has 5 heteroatoms. The molecule has 0 saturated carbocycles. The van der Waals surface area contributed by atoms with Crippen molar-refractivity contribution in [3.05, 3.63) is 22.2 Å². The third-order valence-electron chi connectivity index (χ3n) is 1.92. The van der Waals surface area contributed by atoms with Crippen LogP contribution in [-0.4, -0.2) is 36.2 Å². The van der Waals surface area contributed by atoms with Gasteiger partial charge in [0.25, 0.3) is 0 Å². The quantitative estimate of drug-likeness (QED) is 0.848. The number of thiocarbonyl (C=S) groups is 1. The van der Waals surface area contributed by atoms with Gasteiger partial charge in [0.2, 0.25) is 0 Å². The van der Waals surface area contributed by atoms with Crippen LogP contribution >= 0.6 is 28.1 Å². The zero-order valence-electron chi connectivity index (χ0n) is 8.74. The molecule has 0 atom stereocenters. The molecule has 3 nitrogen and oxygen atoms in total. The lowest BCUT2D eigenvalue weighted by Gasteiger charge is -2.18. The molecule has 0 fully saturated rings. The Balaban J connectivity index is 3.36. The maximum absolute atomic E-state index is 9.57. The number of rotatable bonds is 2. The lowest BCUT2D eigenvalue weighted by molar-refractivity contribution is 0.409. The molecule has 0 aromatic heterocycles. The summed E-state index contributed by atoms with van der Waals surface area (Å²) in [5, 5.41) is 9.57.